The number of hydrogen-bond acceptors (Lipinski definition) is 6. The number of aliphatic imine (C=N–C) groups is 1. The zero-order chi connectivity index (χ0) is 18.9. The van der Waals surface area contributed by atoms with Crippen LogP contribution in [0.1, 0.15) is 22.5 Å². The Labute approximate surface area is 149 Å². The minimum absolute atomic E-state index is 0.0608. The Morgan fingerprint density at radius 3 is 2.62 bits per heavy atom. The van der Waals surface area contributed by atoms with Gasteiger partial charge in [0.1, 0.15) is 5.75 Å². The van der Waals surface area contributed by atoms with Gasteiger partial charge in [0, 0.05) is 36.3 Å². The van der Waals surface area contributed by atoms with E-state index in [1.165, 1.54) is 24.7 Å². The van der Waals surface area contributed by atoms with E-state index in [1.807, 2.05) is 30.3 Å². The molecule has 1 aromatic heterocycles. The van der Waals surface area contributed by atoms with E-state index in [4.69, 9.17) is 10.8 Å². The van der Waals surface area contributed by atoms with Gasteiger partial charge in [0.25, 0.3) is 5.91 Å². The van der Waals surface area contributed by atoms with Crippen molar-refractivity contribution in [2.24, 2.45) is 10.7 Å². The summed E-state index contributed by atoms with van der Waals surface area (Å²) in [5, 5.41) is 21.0. The lowest BCUT2D eigenvalue weighted by Gasteiger charge is -2.07. The van der Waals surface area contributed by atoms with Crippen LogP contribution in [0.15, 0.2) is 53.8 Å². The number of benzene rings is 1. The number of nitrogens with one attached hydrogen (secondary N) is 1. The smallest absolute Gasteiger partial charge is 0.305 e. The Morgan fingerprint density at radius 2 is 2.00 bits per heavy atom. The summed E-state index contributed by atoms with van der Waals surface area (Å²) < 4.78 is 0. The number of carbonyl (C=O) groups is 2. The van der Waals surface area contributed by atoms with Crippen LogP contribution >= 0.6 is 0 Å². The van der Waals surface area contributed by atoms with Crippen molar-refractivity contribution >= 4 is 29.4 Å². The maximum atomic E-state index is 11.9. The van der Waals surface area contributed by atoms with Gasteiger partial charge in [0.15, 0.2) is 5.69 Å². The van der Waals surface area contributed by atoms with Gasteiger partial charge in [-0.2, -0.15) is 0 Å². The van der Waals surface area contributed by atoms with Crippen LogP contribution in [0.2, 0.25) is 0 Å². The van der Waals surface area contributed by atoms with E-state index in [2.05, 4.69) is 15.3 Å². The van der Waals surface area contributed by atoms with Crippen molar-refractivity contribution < 1.29 is 19.8 Å². The van der Waals surface area contributed by atoms with Gasteiger partial charge < -0.3 is 21.3 Å². The minimum atomic E-state index is -1.03. The summed E-state index contributed by atoms with van der Waals surface area (Å²) in [5.74, 6) is -2.04. The number of allylic oxidation sites excluding steroid dienone is 1. The van der Waals surface area contributed by atoms with Crippen molar-refractivity contribution in [2.75, 3.05) is 6.54 Å². The van der Waals surface area contributed by atoms with Gasteiger partial charge in [0.2, 0.25) is 0 Å². The van der Waals surface area contributed by atoms with Crippen molar-refractivity contribution in [3.63, 3.8) is 0 Å². The van der Waals surface area contributed by atoms with Crippen LogP contribution in [-0.2, 0) is 4.79 Å². The number of carboxylic acids is 1. The van der Waals surface area contributed by atoms with Gasteiger partial charge in [0.05, 0.1) is 12.1 Å². The number of amides is 1. The molecule has 1 amide bonds. The molecule has 5 N–H and O–H groups in total. The molecule has 0 atom stereocenters. The molecule has 0 radical (unpaired) electrons. The van der Waals surface area contributed by atoms with E-state index >= 15 is 0 Å². The number of carboxylic acid groups (broad SMARTS) is 1. The molecule has 2 aromatic rings. The fourth-order valence-corrected chi connectivity index (χ4v) is 2.02. The van der Waals surface area contributed by atoms with Crippen molar-refractivity contribution in [3.8, 4) is 5.75 Å². The number of carbonyl (C=O) groups excluding carboxylic acids is 1. The molecule has 0 aliphatic carbocycles. The van der Waals surface area contributed by atoms with E-state index < -0.39 is 11.9 Å². The molecule has 0 unspecified atom stereocenters. The van der Waals surface area contributed by atoms with Crippen molar-refractivity contribution in [1.29, 1.82) is 0 Å². The second-order valence-corrected chi connectivity index (χ2v) is 5.21. The van der Waals surface area contributed by atoms with E-state index in [0.29, 0.717) is 11.1 Å². The van der Waals surface area contributed by atoms with Crippen molar-refractivity contribution in [1.82, 2.24) is 10.3 Å². The number of hydrogen-bond donors (Lipinski definition) is 4. The lowest BCUT2D eigenvalue weighted by atomic mass is 10.1. The van der Waals surface area contributed by atoms with E-state index in [0.717, 1.165) is 5.69 Å². The molecule has 0 bridgehead atoms. The van der Waals surface area contributed by atoms with Gasteiger partial charge in [-0.3, -0.25) is 14.6 Å². The average molecular weight is 354 g/mol. The maximum absolute atomic E-state index is 11.9. The molecule has 0 saturated heterocycles. The number of nitrogens with zero attached hydrogens (tertiary/aromatic N) is 2. The normalized spacial score (nSPS) is 11.5. The lowest BCUT2D eigenvalue weighted by molar-refractivity contribution is -0.136. The van der Waals surface area contributed by atoms with Gasteiger partial charge in [-0.25, -0.2) is 4.98 Å². The largest absolute Gasteiger partial charge is 0.505 e. The fourth-order valence-electron chi connectivity index (χ4n) is 2.02. The Hall–Kier alpha value is -3.68. The quantitative estimate of drug-likeness (QED) is 0.558. The first-order valence-electron chi connectivity index (χ1n) is 7.71. The zero-order valence-corrected chi connectivity index (χ0v) is 13.8. The number of aliphatic carboxylic acids is 1. The van der Waals surface area contributed by atoms with Crippen LogP contribution in [0.25, 0.3) is 5.57 Å². The Kier molecular flexibility index (Phi) is 6.44. The molecular weight excluding hydrogens is 336 g/mol. The van der Waals surface area contributed by atoms with Crippen molar-refractivity contribution in [2.45, 2.75) is 6.42 Å². The molecule has 1 heterocycles. The minimum Gasteiger partial charge on any atom is -0.505 e. The number of para-hydroxylation sites is 1. The van der Waals surface area contributed by atoms with Gasteiger partial charge in [-0.1, -0.05) is 18.2 Å². The number of pyridine rings is 1. The van der Waals surface area contributed by atoms with Crippen LogP contribution < -0.4 is 11.1 Å². The second-order valence-electron chi connectivity index (χ2n) is 5.21. The Balaban J connectivity index is 2.13. The predicted molar refractivity (Wildman–Crippen MR) is 97.2 cm³/mol. The first-order valence-corrected chi connectivity index (χ1v) is 7.71. The van der Waals surface area contributed by atoms with E-state index in [-0.39, 0.29) is 24.4 Å². The maximum Gasteiger partial charge on any atom is 0.305 e. The Bertz CT molecular complexity index is 848. The zero-order valence-electron chi connectivity index (χ0n) is 13.8. The standard InChI is InChI=1S/C18H18N4O4/c19-9-13(11-21-14-4-2-1-3-5-14)12-8-15(23)17(22-10-12)18(26)20-7-6-16(24)25/h1-5,8-11,23H,6-7,19H2,(H,20,26)(H,24,25). The van der Waals surface area contributed by atoms with Gasteiger partial charge in [-0.05, 0) is 18.2 Å². The lowest BCUT2D eigenvalue weighted by Crippen LogP contribution is -2.26. The topological polar surface area (TPSA) is 138 Å². The van der Waals surface area contributed by atoms with Crippen LogP contribution in [0, 0.1) is 0 Å². The summed E-state index contributed by atoms with van der Waals surface area (Å²) in [6.07, 6.45) is 4.00. The number of aromatic nitrogens is 1. The highest BCUT2D eigenvalue weighted by Gasteiger charge is 2.14. The summed E-state index contributed by atoms with van der Waals surface area (Å²) in [6, 6.07) is 10.6. The summed E-state index contributed by atoms with van der Waals surface area (Å²) >= 11 is 0. The fraction of sp³-hybridized carbons (Fsp3) is 0.111. The van der Waals surface area contributed by atoms with Crippen LogP contribution in [0.4, 0.5) is 5.69 Å². The third-order valence-corrected chi connectivity index (χ3v) is 3.33. The molecule has 1 aromatic carbocycles. The van der Waals surface area contributed by atoms with Crippen LogP contribution in [-0.4, -0.2) is 39.8 Å². The number of rotatable bonds is 7. The third-order valence-electron chi connectivity index (χ3n) is 3.33. The molecule has 2 rings (SSSR count). The number of nitrogens with two attached hydrogens (primary N) is 1. The third kappa shape index (κ3) is 5.17. The highest BCUT2D eigenvalue weighted by atomic mass is 16.4. The molecule has 0 saturated carbocycles. The molecule has 0 aliphatic heterocycles. The summed E-state index contributed by atoms with van der Waals surface area (Å²) in [7, 11) is 0. The van der Waals surface area contributed by atoms with Crippen molar-refractivity contribution in [3.05, 3.63) is 60.1 Å². The molecule has 0 spiro atoms. The molecular formula is C18H18N4O4. The van der Waals surface area contributed by atoms with Gasteiger partial charge >= 0.3 is 5.97 Å². The van der Waals surface area contributed by atoms with Crippen LogP contribution in [0.5, 0.6) is 5.75 Å². The van der Waals surface area contributed by atoms with Gasteiger partial charge in [-0.15, -0.1) is 0 Å². The molecule has 0 aliphatic rings. The number of aromatic hydroxyl groups is 1. The highest BCUT2D eigenvalue weighted by molar-refractivity contribution is 6.10. The first-order chi connectivity index (χ1) is 12.5. The summed E-state index contributed by atoms with van der Waals surface area (Å²) in [5.41, 5.74) is 7.14. The molecule has 0 fully saturated rings. The SMILES string of the molecule is NC=C(C=Nc1ccccc1)c1cnc(C(=O)NCCC(=O)O)c(O)c1. The second kappa shape index (κ2) is 8.97. The first kappa shape index (κ1) is 18.7. The predicted octanol–water partition coefficient (Wildman–Crippen LogP) is 1.69. The monoisotopic (exact) mass is 354 g/mol. The highest BCUT2D eigenvalue weighted by Crippen LogP contribution is 2.21. The van der Waals surface area contributed by atoms with Crippen LogP contribution in [0.3, 0.4) is 0 Å². The summed E-state index contributed by atoms with van der Waals surface area (Å²) in [6.45, 7) is -0.0608. The summed E-state index contributed by atoms with van der Waals surface area (Å²) in [4.78, 5) is 30.6. The molecule has 26 heavy (non-hydrogen) atoms. The molecule has 8 heteroatoms. The van der Waals surface area contributed by atoms with E-state index in [9.17, 15) is 14.7 Å². The average Bonchev–Trinajstić information content (AvgIpc) is 2.62. The molecule has 134 valence electrons. The molecule has 8 nitrogen and oxygen atoms in total. The Morgan fingerprint density at radius 1 is 1.27 bits per heavy atom. The van der Waals surface area contributed by atoms with E-state index in [1.54, 1.807) is 0 Å².